The number of aryl methyl sites for hydroxylation is 3. The van der Waals surface area contributed by atoms with Gasteiger partial charge in [-0.1, -0.05) is 35.9 Å². The van der Waals surface area contributed by atoms with E-state index < -0.39 is 10.0 Å². The molecule has 1 amide bonds. The van der Waals surface area contributed by atoms with Crippen molar-refractivity contribution in [3.63, 3.8) is 0 Å². The van der Waals surface area contributed by atoms with E-state index in [1.54, 1.807) is 30.3 Å². The topological polar surface area (TPSA) is 69.7 Å². The second-order valence-electron chi connectivity index (χ2n) is 7.69. The van der Waals surface area contributed by atoms with Gasteiger partial charge in [-0.25, -0.2) is 8.42 Å². The van der Waals surface area contributed by atoms with E-state index in [2.05, 4.69) is 17.4 Å². The van der Waals surface area contributed by atoms with Crippen LogP contribution in [-0.2, 0) is 14.8 Å². The first kappa shape index (κ1) is 21.5. The lowest BCUT2D eigenvalue weighted by Crippen LogP contribution is -2.53. The summed E-state index contributed by atoms with van der Waals surface area (Å²) < 4.78 is 27.0. The molecule has 7 heteroatoms. The molecule has 1 heterocycles. The fraction of sp³-hybridized carbons (Fsp3) is 0.409. The Morgan fingerprint density at radius 2 is 1.52 bits per heavy atom. The predicted octanol–water partition coefficient (Wildman–Crippen LogP) is 2.95. The fourth-order valence-electron chi connectivity index (χ4n) is 3.84. The summed E-state index contributed by atoms with van der Waals surface area (Å²) >= 11 is 0. The smallest absolute Gasteiger partial charge is 0.243 e. The number of nitrogens with one attached hydrogen (secondary N) is 1. The number of nitrogens with zero attached hydrogens (tertiary/aromatic N) is 2. The molecule has 1 N–H and O–H groups in total. The minimum Gasteiger partial charge on any atom is -0.324 e. The lowest BCUT2D eigenvalue weighted by Gasteiger charge is -2.36. The number of anilines is 1. The van der Waals surface area contributed by atoms with Gasteiger partial charge >= 0.3 is 0 Å². The van der Waals surface area contributed by atoms with Gasteiger partial charge in [0.05, 0.1) is 10.9 Å². The van der Waals surface area contributed by atoms with Crippen molar-refractivity contribution >= 4 is 21.6 Å². The highest BCUT2D eigenvalue weighted by atomic mass is 32.2. The summed E-state index contributed by atoms with van der Waals surface area (Å²) in [6.45, 7) is 9.68. The van der Waals surface area contributed by atoms with Crippen molar-refractivity contribution in [2.24, 2.45) is 0 Å². The van der Waals surface area contributed by atoms with Gasteiger partial charge in [-0.2, -0.15) is 4.31 Å². The summed E-state index contributed by atoms with van der Waals surface area (Å²) in [6.07, 6.45) is 0. The van der Waals surface area contributed by atoms with E-state index in [4.69, 9.17) is 0 Å². The van der Waals surface area contributed by atoms with Crippen LogP contribution in [0.1, 0.15) is 23.6 Å². The lowest BCUT2D eigenvalue weighted by molar-refractivity contribution is -0.121. The largest absolute Gasteiger partial charge is 0.324 e. The van der Waals surface area contributed by atoms with Crippen LogP contribution in [0.25, 0.3) is 0 Å². The molecule has 1 aliphatic rings. The van der Waals surface area contributed by atoms with Gasteiger partial charge < -0.3 is 5.32 Å². The normalized spacial score (nSPS) is 17.1. The molecule has 3 rings (SSSR count). The van der Waals surface area contributed by atoms with Crippen LogP contribution in [-0.4, -0.2) is 55.8 Å². The number of amides is 1. The predicted molar refractivity (Wildman–Crippen MR) is 116 cm³/mol. The highest BCUT2D eigenvalue weighted by Gasteiger charge is 2.31. The molecule has 0 saturated carbocycles. The van der Waals surface area contributed by atoms with Crippen LogP contribution >= 0.6 is 0 Å². The Balaban J connectivity index is 1.63. The summed E-state index contributed by atoms with van der Waals surface area (Å²) in [7, 11) is -3.49. The van der Waals surface area contributed by atoms with E-state index >= 15 is 0 Å². The molecule has 0 aromatic heterocycles. The van der Waals surface area contributed by atoms with Crippen LogP contribution < -0.4 is 5.32 Å². The molecule has 1 atom stereocenters. The minimum atomic E-state index is -3.49. The van der Waals surface area contributed by atoms with E-state index in [0.29, 0.717) is 31.1 Å². The van der Waals surface area contributed by atoms with Crippen LogP contribution in [0.5, 0.6) is 0 Å². The molecule has 1 saturated heterocycles. The summed E-state index contributed by atoms with van der Waals surface area (Å²) in [4.78, 5) is 15.2. The Morgan fingerprint density at radius 1 is 0.966 bits per heavy atom. The van der Waals surface area contributed by atoms with Crippen molar-refractivity contribution in [3.8, 4) is 0 Å². The average Bonchev–Trinajstić information content (AvgIpc) is 2.70. The highest BCUT2D eigenvalue weighted by molar-refractivity contribution is 7.89. The third kappa shape index (κ3) is 4.69. The van der Waals surface area contributed by atoms with Crippen molar-refractivity contribution in [2.45, 2.75) is 38.6 Å². The second-order valence-corrected chi connectivity index (χ2v) is 9.63. The van der Waals surface area contributed by atoms with Gasteiger partial charge in [0.25, 0.3) is 0 Å². The Hall–Kier alpha value is -2.22. The van der Waals surface area contributed by atoms with Crippen molar-refractivity contribution in [1.82, 2.24) is 9.21 Å². The lowest BCUT2D eigenvalue weighted by atomic mass is 10.0. The number of rotatable bonds is 5. The quantitative estimate of drug-likeness (QED) is 0.815. The first-order valence-corrected chi connectivity index (χ1v) is 11.3. The van der Waals surface area contributed by atoms with Gasteiger partial charge in [0.2, 0.25) is 15.9 Å². The third-order valence-electron chi connectivity index (χ3n) is 5.51. The number of piperazine rings is 1. The SMILES string of the molecule is Cc1cc(C)c(NC(=O)[C@H](C)N2CCN(S(=O)(=O)c3ccccc3)CC2)c(C)c1. The molecule has 0 aliphatic carbocycles. The van der Waals surface area contributed by atoms with Crippen molar-refractivity contribution < 1.29 is 13.2 Å². The molecule has 0 unspecified atom stereocenters. The number of hydrogen-bond acceptors (Lipinski definition) is 4. The Morgan fingerprint density at radius 3 is 2.07 bits per heavy atom. The van der Waals surface area contributed by atoms with E-state index in [1.807, 2.05) is 32.6 Å². The van der Waals surface area contributed by atoms with Crippen molar-refractivity contribution in [1.29, 1.82) is 0 Å². The van der Waals surface area contributed by atoms with Crippen LogP contribution in [0.15, 0.2) is 47.4 Å². The molecule has 2 aromatic rings. The third-order valence-corrected chi connectivity index (χ3v) is 7.42. The molecule has 0 spiro atoms. The number of sulfonamides is 1. The maximum Gasteiger partial charge on any atom is 0.243 e. The maximum atomic E-state index is 12.8. The fourth-order valence-corrected chi connectivity index (χ4v) is 5.29. The molecule has 1 aliphatic heterocycles. The van der Waals surface area contributed by atoms with Crippen LogP contribution in [0.3, 0.4) is 0 Å². The van der Waals surface area contributed by atoms with Gasteiger partial charge in [0.1, 0.15) is 0 Å². The standard InChI is InChI=1S/C22H29N3O3S/c1-16-14-17(2)21(18(3)15-16)23-22(26)19(4)24-10-12-25(13-11-24)29(27,28)20-8-6-5-7-9-20/h5-9,14-15,19H,10-13H2,1-4H3,(H,23,26)/t19-/m0/s1. The van der Waals surface area contributed by atoms with Crippen LogP contribution in [0.2, 0.25) is 0 Å². The first-order chi connectivity index (χ1) is 13.7. The molecule has 6 nitrogen and oxygen atoms in total. The average molecular weight is 416 g/mol. The van der Waals surface area contributed by atoms with Gasteiger partial charge in [0.15, 0.2) is 0 Å². The first-order valence-electron chi connectivity index (χ1n) is 9.88. The number of carbonyl (C=O) groups excluding carboxylic acids is 1. The Labute approximate surface area is 173 Å². The zero-order valence-electron chi connectivity index (χ0n) is 17.5. The maximum absolute atomic E-state index is 12.8. The second kappa shape index (κ2) is 8.65. The number of benzene rings is 2. The molecular formula is C22H29N3O3S. The van der Waals surface area contributed by atoms with Crippen molar-refractivity contribution in [2.75, 3.05) is 31.5 Å². The summed E-state index contributed by atoms with van der Waals surface area (Å²) in [5, 5.41) is 3.06. The Bertz CT molecular complexity index is 959. The van der Waals surface area contributed by atoms with Gasteiger partial charge in [0, 0.05) is 31.9 Å². The molecule has 156 valence electrons. The molecule has 0 radical (unpaired) electrons. The molecule has 29 heavy (non-hydrogen) atoms. The molecule has 1 fully saturated rings. The van der Waals surface area contributed by atoms with Gasteiger partial charge in [-0.3, -0.25) is 9.69 Å². The zero-order valence-corrected chi connectivity index (χ0v) is 18.3. The van der Waals surface area contributed by atoms with Gasteiger partial charge in [-0.05, 0) is 51.0 Å². The summed E-state index contributed by atoms with van der Waals surface area (Å²) in [5.74, 6) is -0.0700. The number of hydrogen-bond donors (Lipinski definition) is 1. The van der Waals surface area contributed by atoms with E-state index in [0.717, 1.165) is 16.8 Å². The Kier molecular flexibility index (Phi) is 6.41. The van der Waals surface area contributed by atoms with E-state index in [-0.39, 0.29) is 11.9 Å². The summed E-state index contributed by atoms with van der Waals surface area (Å²) in [6, 6.07) is 12.3. The van der Waals surface area contributed by atoms with Crippen LogP contribution in [0.4, 0.5) is 5.69 Å². The highest BCUT2D eigenvalue weighted by Crippen LogP contribution is 2.23. The minimum absolute atomic E-state index is 0.0700. The molecular weight excluding hydrogens is 386 g/mol. The summed E-state index contributed by atoms with van der Waals surface area (Å²) in [5.41, 5.74) is 4.11. The van der Waals surface area contributed by atoms with Gasteiger partial charge in [-0.15, -0.1) is 0 Å². The van der Waals surface area contributed by atoms with E-state index in [9.17, 15) is 13.2 Å². The number of carbonyl (C=O) groups is 1. The molecule has 0 bridgehead atoms. The monoisotopic (exact) mass is 415 g/mol. The van der Waals surface area contributed by atoms with Crippen molar-refractivity contribution in [3.05, 3.63) is 59.2 Å². The zero-order chi connectivity index (χ0) is 21.2. The van der Waals surface area contributed by atoms with Crippen LogP contribution in [0, 0.1) is 20.8 Å². The molecule has 2 aromatic carbocycles. The van der Waals surface area contributed by atoms with E-state index in [1.165, 1.54) is 9.87 Å².